The highest BCUT2D eigenvalue weighted by molar-refractivity contribution is 5.34. The monoisotopic (exact) mass is 261 g/mol. The van der Waals surface area contributed by atoms with Crippen LogP contribution in [0.5, 0.6) is 5.75 Å². The zero-order valence-corrected chi connectivity index (χ0v) is 12.5. The van der Waals surface area contributed by atoms with Gasteiger partial charge in [0.15, 0.2) is 0 Å². The first-order valence-electron chi connectivity index (χ1n) is 7.05. The van der Waals surface area contributed by atoms with Crippen molar-refractivity contribution in [2.75, 3.05) is 19.7 Å². The molecule has 0 aliphatic heterocycles. The predicted octanol–water partition coefficient (Wildman–Crippen LogP) is 3.82. The summed E-state index contributed by atoms with van der Waals surface area (Å²) in [5, 5.41) is 3.42. The van der Waals surface area contributed by atoms with Crippen molar-refractivity contribution in [2.45, 2.75) is 33.6 Å². The molecule has 106 valence electrons. The molecule has 2 nitrogen and oxygen atoms in total. The number of hydrogen-bond acceptors (Lipinski definition) is 2. The fourth-order valence-electron chi connectivity index (χ4n) is 1.79. The average molecular weight is 261 g/mol. The molecule has 0 radical (unpaired) electrons. The van der Waals surface area contributed by atoms with E-state index in [0.29, 0.717) is 12.0 Å². The Kier molecular flexibility index (Phi) is 6.65. The van der Waals surface area contributed by atoms with Crippen LogP contribution in [0.3, 0.4) is 0 Å². The summed E-state index contributed by atoms with van der Waals surface area (Å²) in [6.45, 7) is 13.2. The molecule has 0 aromatic heterocycles. The first kappa shape index (κ1) is 15.8. The molecule has 0 amide bonds. The molecule has 1 rings (SSSR count). The van der Waals surface area contributed by atoms with Crippen LogP contribution < -0.4 is 10.1 Å². The standard InChI is InChI=1S/C17H27NO/c1-5-8-15-9-6-7-10-16(15)19-14-13-18-12-11-17(2,3)4/h5-7,9-10,18H,1,8,11-14H2,2-4H3. The molecule has 0 saturated carbocycles. The smallest absolute Gasteiger partial charge is 0.122 e. The summed E-state index contributed by atoms with van der Waals surface area (Å²) >= 11 is 0. The molecule has 0 aliphatic rings. The van der Waals surface area contributed by atoms with Crippen LogP contribution in [0.4, 0.5) is 0 Å². The Morgan fingerprint density at radius 3 is 2.63 bits per heavy atom. The second-order valence-electron chi connectivity index (χ2n) is 6.01. The second-order valence-corrected chi connectivity index (χ2v) is 6.01. The van der Waals surface area contributed by atoms with Gasteiger partial charge in [0.05, 0.1) is 0 Å². The normalized spacial score (nSPS) is 11.3. The first-order valence-corrected chi connectivity index (χ1v) is 7.05. The second kappa shape index (κ2) is 8.00. The Labute approximate surface area is 117 Å². The highest BCUT2D eigenvalue weighted by Crippen LogP contribution is 2.18. The summed E-state index contributed by atoms with van der Waals surface area (Å²) in [6.07, 6.45) is 3.94. The van der Waals surface area contributed by atoms with Crippen molar-refractivity contribution in [3.63, 3.8) is 0 Å². The molecule has 1 aromatic carbocycles. The van der Waals surface area contributed by atoms with Crippen LogP contribution in [-0.4, -0.2) is 19.7 Å². The maximum absolute atomic E-state index is 5.81. The number of para-hydroxylation sites is 1. The van der Waals surface area contributed by atoms with Crippen LogP contribution >= 0.6 is 0 Å². The molecule has 0 spiro atoms. The lowest BCUT2D eigenvalue weighted by Crippen LogP contribution is -2.25. The third-order valence-corrected chi connectivity index (χ3v) is 2.93. The van der Waals surface area contributed by atoms with Gasteiger partial charge >= 0.3 is 0 Å². The van der Waals surface area contributed by atoms with Crippen molar-refractivity contribution in [2.24, 2.45) is 5.41 Å². The van der Waals surface area contributed by atoms with Crippen LogP contribution in [0.2, 0.25) is 0 Å². The molecule has 0 heterocycles. The van der Waals surface area contributed by atoms with Crippen LogP contribution in [0.25, 0.3) is 0 Å². The third-order valence-electron chi connectivity index (χ3n) is 2.93. The number of rotatable bonds is 8. The summed E-state index contributed by atoms with van der Waals surface area (Å²) in [7, 11) is 0. The molecular weight excluding hydrogens is 234 g/mol. The van der Waals surface area contributed by atoms with E-state index in [1.807, 2.05) is 24.3 Å². The number of hydrogen-bond donors (Lipinski definition) is 1. The quantitative estimate of drug-likeness (QED) is 0.567. The summed E-state index contributed by atoms with van der Waals surface area (Å²) in [5.41, 5.74) is 1.59. The average Bonchev–Trinajstić information content (AvgIpc) is 2.34. The lowest BCUT2D eigenvalue weighted by Gasteiger charge is -2.18. The number of ether oxygens (including phenoxy) is 1. The van der Waals surface area contributed by atoms with E-state index in [0.717, 1.165) is 25.3 Å². The van der Waals surface area contributed by atoms with Crippen molar-refractivity contribution in [1.29, 1.82) is 0 Å². The van der Waals surface area contributed by atoms with Gasteiger partial charge in [0.25, 0.3) is 0 Å². The Morgan fingerprint density at radius 2 is 1.95 bits per heavy atom. The van der Waals surface area contributed by atoms with Crippen LogP contribution in [0.1, 0.15) is 32.8 Å². The fourth-order valence-corrected chi connectivity index (χ4v) is 1.79. The van der Waals surface area contributed by atoms with E-state index in [1.54, 1.807) is 0 Å². The van der Waals surface area contributed by atoms with Gasteiger partial charge in [0.2, 0.25) is 0 Å². The van der Waals surface area contributed by atoms with Crippen LogP contribution in [-0.2, 0) is 6.42 Å². The third kappa shape index (κ3) is 7.02. The van der Waals surface area contributed by atoms with Crippen LogP contribution in [0, 0.1) is 5.41 Å². The highest BCUT2D eigenvalue weighted by Gasteiger charge is 2.08. The molecule has 19 heavy (non-hydrogen) atoms. The summed E-state index contributed by atoms with van der Waals surface area (Å²) < 4.78 is 5.81. The molecule has 0 unspecified atom stereocenters. The predicted molar refractivity (Wildman–Crippen MR) is 82.8 cm³/mol. The van der Waals surface area contributed by atoms with Crippen molar-refractivity contribution < 1.29 is 4.74 Å². The molecule has 2 heteroatoms. The first-order chi connectivity index (χ1) is 9.03. The van der Waals surface area contributed by atoms with Gasteiger partial charge in [-0.15, -0.1) is 6.58 Å². The lowest BCUT2D eigenvalue weighted by atomic mass is 9.92. The minimum Gasteiger partial charge on any atom is -0.492 e. The molecule has 0 bridgehead atoms. The topological polar surface area (TPSA) is 21.3 Å². The van der Waals surface area contributed by atoms with E-state index in [2.05, 4.69) is 38.7 Å². The Morgan fingerprint density at radius 1 is 1.21 bits per heavy atom. The van der Waals surface area contributed by atoms with Crippen molar-refractivity contribution in [3.05, 3.63) is 42.5 Å². The van der Waals surface area contributed by atoms with Gasteiger partial charge < -0.3 is 10.1 Å². The molecular formula is C17H27NO. The van der Waals surface area contributed by atoms with E-state index in [1.165, 1.54) is 12.0 Å². The highest BCUT2D eigenvalue weighted by atomic mass is 16.5. The van der Waals surface area contributed by atoms with Gasteiger partial charge in [0.1, 0.15) is 12.4 Å². The van der Waals surface area contributed by atoms with Crippen molar-refractivity contribution in [3.8, 4) is 5.75 Å². The molecule has 0 saturated heterocycles. The SMILES string of the molecule is C=CCc1ccccc1OCCNCCC(C)(C)C. The molecule has 1 N–H and O–H groups in total. The van der Waals surface area contributed by atoms with Crippen molar-refractivity contribution >= 4 is 0 Å². The largest absolute Gasteiger partial charge is 0.492 e. The Bertz CT molecular complexity index is 379. The summed E-state index contributed by atoms with van der Waals surface area (Å²) in [5.74, 6) is 0.972. The minimum absolute atomic E-state index is 0.393. The van der Waals surface area contributed by atoms with Gasteiger partial charge in [-0.2, -0.15) is 0 Å². The van der Waals surface area contributed by atoms with Crippen molar-refractivity contribution in [1.82, 2.24) is 5.32 Å². The fraction of sp³-hybridized carbons (Fsp3) is 0.529. The van der Waals surface area contributed by atoms with E-state index in [-0.39, 0.29) is 0 Å². The van der Waals surface area contributed by atoms with Gasteiger partial charge in [-0.25, -0.2) is 0 Å². The number of nitrogens with one attached hydrogen (secondary N) is 1. The van der Waals surface area contributed by atoms with Gasteiger partial charge in [-0.1, -0.05) is 45.0 Å². The van der Waals surface area contributed by atoms with Gasteiger partial charge in [-0.05, 0) is 36.4 Å². The van der Waals surface area contributed by atoms with Gasteiger partial charge in [0, 0.05) is 6.54 Å². The zero-order valence-electron chi connectivity index (χ0n) is 12.5. The minimum atomic E-state index is 0.393. The van der Waals surface area contributed by atoms with E-state index in [9.17, 15) is 0 Å². The number of allylic oxidation sites excluding steroid dienone is 1. The molecule has 0 atom stereocenters. The summed E-state index contributed by atoms with van der Waals surface area (Å²) in [4.78, 5) is 0. The maximum Gasteiger partial charge on any atom is 0.122 e. The van der Waals surface area contributed by atoms with Gasteiger partial charge in [-0.3, -0.25) is 0 Å². The molecule has 0 fully saturated rings. The summed E-state index contributed by atoms with van der Waals surface area (Å²) in [6, 6.07) is 8.15. The Hall–Kier alpha value is -1.28. The maximum atomic E-state index is 5.81. The van der Waals surface area contributed by atoms with E-state index < -0.39 is 0 Å². The number of benzene rings is 1. The van der Waals surface area contributed by atoms with E-state index in [4.69, 9.17) is 4.74 Å². The molecule has 1 aromatic rings. The van der Waals surface area contributed by atoms with Crippen LogP contribution in [0.15, 0.2) is 36.9 Å². The lowest BCUT2D eigenvalue weighted by molar-refractivity contribution is 0.302. The Balaban J connectivity index is 2.24. The van der Waals surface area contributed by atoms with E-state index >= 15 is 0 Å². The molecule has 0 aliphatic carbocycles. The zero-order chi connectivity index (χ0) is 14.1.